The molecule has 1 amide bonds. The Balaban J connectivity index is 1.98. The van der Waals surface area contributed by atoms with E-state index in [1.54, 1.807) is 6.20 Å². The Bertz CT molecular complexity index is 627. The molecular weight excluding hydrogens is 264 g/mol. The predicted octanol–water partition coefficient (Wildman–Crippen LogP) is 2.53. The van der Waals surface area contributed by atoms with Crippen LogP contribution in [-0.4, -0.2) is 23.5 Å². The third kappa shape index (κ3) is 3.84. The molecule has 2 aromatic rings. The van der Waals surface area contributed by atoms with Gasteiger partial charge in [0.25, 0.3) is 0 Å². The normalized spacial score (nSPS) is 12.1. The quantitative estimate of drug-likeness (QED) is 0.713. The van der Waals surface area contributed by atoms with Gasteiger partial charge < -0.3 is 16.4 Å². The number of anilines is 2. The monoisotopic (exact) mass is 286 g/mol. The second-order valence-corrected chi connectivity index (χ2v) is 5.16. The van der Waals surface area contributed by atoms with Gasteiger partial charge in [0.15, 0.2) is 0 Å². The van der Waals surface area contributed by atoms with Crippen molar-refractivity contribution in [1.82, 2.24) is 10.3 Å². The number of nitrogens with one attached hydrogen (secondary N) is 2. The fourth-order valence-electron chi connectivity index (χ4n) is 2.11. The summed E-state index contributed by atoms with van der Waals surface area (Å²) in [5.74, 6) is 0.0646. The van der Waals surface area contributed by atoms with Crippen LogP contribution < -0.4 is 16.4 Å². The van der Waals surface area contributed by atoms with Crippen molar-refractivity contribution < 1.29 is 4.79 Å². The van der Waals surface area contributed by atoms with Crippen LogP contribution in [0.25, 0.3) is 10.9 Å². The molecule has 112 valence electrons. The fraction of sp³-hybridized carbons (Fsp3) is 0.375. The summed E-state index contributed by atoms with van der Waals surface area (Å²) in [5.41, 5.74) is 8.31. The summed E-state index contributed by atoms with van der Waals surface area (Å²) in [6.07, 6.45) is 3.10. The maximum Gasteiger partial charge on any atom is 0.221 e. The van der Waals surface area contributed by atoms with Gasteiger partial charge in [0, 0.05) is 36.3 Å². The van der Waals surface area contributed by atoms with Gasteiger partial charge in [-0.3, -0.25) is 9.78 Å². The van der Waals surface area contributed by atoms with E-state index in [0.717, 1.165) is 23.0 Å². The number of carbonyl (C=O) groups is 1. The van der Waals surface area contributed by atoms with Crippen molar-refractivity contribution in [3.63, 3.8) is 0 Å². The lowest BCUT2D eigenvalue weighted by atomic mass is 10.1. The molecule has 1 atom stereocenters. The van der Waals surface area contributed by atoms with E-state index < -0.39 is 0 Å². The standard InChI is InChI=1S/C16H22N4O/c1-3-11(2)20-15(21)8-10-18-14-7-6-13(17)16-12(14)5-4-9-19-16/h4-7,9,11,18H,3,8,10,17H2,1-2H3,(H,20,21). The number of amides is 1. The van der Waals surface area contributed by atoms with E-state index in [-0.39, 0.29) is 11.9 Å². The van der Waals surface area contributed by atoms with Crippen molar-refractivity contribution in [3.8, 4) is 0 Å². The number of pyridine rings is 1. The van der Waals surface area contributed by atoms with Crippen LogP contribution in [0.2, 0.25) is 0 Å². The van der Waals surface area contributed by atoms with Crippen LogP contribution in [0, 0.1) is 0 Å². The molecular formula is C16H22N4O. The van der Waals surface area contributed by atoms with Crippen LogP contribution in [0.4, 0.5) is 11.4 Å². The lowest BCUT2D eigenvalue weighted by Crippen LogP contribution is -2.32. The molecule has 5 nitrogen and oxygen atoms in total. The highest BCUT2D eigenvalue weighted by Crippen LogP contribution is 2.26. The molecule has 0 saturated carbocycles. The van der Waals surface area contributed by atoms with E-state index in [4.69, 9.17) is 5.73 Å². The van der Waals surface area contributed by atoms with Crippen LogP contribution in [0.15, 0.2) is 30.5 Å². The number of nitrogen functional groups attached to an aromatic ring is 1. The molecule has 21 heavy (non-hydrogen) atoms. The Labute approximate surface area is 124 Å². The SMILES string of the molecule is CCC(C)NC(=O)CCNc1ccc(N)c2ncccc12. The average Bonchev–Trinajstić information content (AvgIpc) is 2.49. The summed E-state index contributed by atoms with van der Waals surface area (Å²) in [7, 11) is 0. The highest BCUT2D eigenvalue weighted by Gasteiger charge is 2.07. The maximum absolute atomic E-state index is 11.7. The van der Waals surface area contributed by atoms with Gasteiger partial charge in [-0.25, -0.2) is 0 Å². The van der Waals surface area contributed by atoms with E-state index in [0.29, 0.717) is 18.7 Å². The first-order valence-electron chi connectivity index (χ1n) is 7.28. The summed E-state index contributed by atoms with van der Waals surface area (Å²) in [6.45, 7) is 4.64. The molecule has 2 rings (SSSR count). The molecule has 0 spiro atoms. The second-order valence-electron chi connectivity index (χ2n) is 5.16. The van der Waals surface area contributed by atoms with Crippen LogP contribution >= 0.6 is 0 Å². The van der Waals surface area contributed by atoms with Crippen LogP contribution in [0.3, 0.4) is 0 Å². The van der Waals surface area contributed by atoms with Gasteiger partial charge in [0.1, 0.15) is 0 Å². The number of rotatable bonds is 6. The molecule has 0 aliphatic heterocycles. The van der Waals surface area contributed by atoms with Gasteiger partial charge in [-0.15, -0.1) is 0 Å². The Morgan fingerprint density at radius 2 is 2.19 bits per heavy atom. The zero-order valence-electron chi connectivity index (χ0n) is 12.5. The molecule has 0 aliphatic rings. The van der Waals surface area contributed by atoms with Gasteiger partial charge in [0.05, 0.1) is 11.2 Å². The van der Waals surface area contributed by atoms with E-state index in [9.17, 15) is 4.79 Å². The zero-order chi connectivity index (χ0) is 15.2. The number of aromatic nitrogens is 1. The van der Waals surface area contributed by atoms with Gasteiger partial charge in [0.2, 0.25) is 5.91 Å². The van der Waals surface area contributed by atoms with Crippen LogP contribution in [0.1, 0.15) is 26.7 Å². The summed E-state index contributed by atoms with van der Waals surface area (Å²) in [4.78, 5) is 16.0. The molecule has 0 radical (unpaired) electrons. The minimum atomic E-state index is 0.0646. The topological polar surface area (TPSA) is 80.0 Å². The number of nitrogens with zero attached hydrogens (tertiary/aromatic N) is 1. The lowest BCUT2D eigenvalue weighted by molar-refractivity contribution is -0.121. The molecule has 1 aromatic carbocycles. The Kier molecular flexibility index (Phi) is 4.98. The fourth-order valence-corrected chi connectivity index (χ4v) is 2.11. The average molecular weight is 286 g/mol. The van der Waals surface area contributed by atoms with Crippen molar-refractivity contribution in [2.24, 2.45) is 0 Å². The maximum atomic E-state index is 11.7. The molecule has 0 fully saturated rings. The highest BCUT2D eigenvalue weighted by atomic mass is 16.1. The third-order valence-corrected chi connectivity index (χ3v) is 3.49. The van der Waals surface area contributed by atoms with Crippen molar-refractivity contribution in [2.75, 3.05) is 17.6 Å². The zero-order valence-corrected chi connectivity index (χ0v) is 12.5. The number of hydrogen-bond acceptors (Lipinski definition) is 4. The summed E-state index contributed by atoms with van der Waals surface area (Å²) in [6, 6.07) is 7.82. The Morgan fingerprint density at radius 1 is 1.38 bits per heavy atom. The van der Waals surface area contributed by atoms with E-state index in [2.05, 4.69) is 22.5 Å². The van der Waals surface area contributed by atoms with Crippen molar-refractivity contribution in [2.45, 2.75) is 32.7 Å². The first-order valence-corrected chi connectivity index (χ1v) is 7.28. The Morgan fingerprint density at radius 3 is 2.95 bits per heavy atom. The Hall–Kier alpha value is -2.30. The van der Waals surface area contributed by atoms with Crippen LogP contribution in [0.5, 0.6) is 0 Å². The number of fused-ring (bicyclic) bond motifs is 1. The number of hydrogen-bond donors (Lipinski definition) is 3. The van der Waals surface area contributed by atoms with Gasteiger partial charge >= 0.3 is 0 Å². The molecule has 0 bridgehead atoms. The van der Waals surface area contributed by atoms with E-state index in [1.165, 1.54) is 0 Å². The molecule has 1 aromatic heterocycles. The molecule has 0 aliphatic carbocycles. The first-order chi connectivity index (χ1) is 10.1. The molecule has 4 N–H and O–H groups in total. The van der Waals surface area contributed by atoms with Crippen molar-refractivity contribution >= 4 is 28.2 Å². The minimum Gasteiger partial charge on any atom is -0.397 e. The molecule has 1 unspecified atom stereocenters. The predicted molar refractivity (Wildman–Crippen MR) is 87.2 cm³/mol. The minimum absolute atomic E-state index is 0.0646. The first kappa shape index (κ1) is 15.1. The van der Waals surface area contributed by atoms with Crippen LogP contribution in [-0.2, 0) is 4.79 Å². The molecule has 5 heteroatoms. The smallest absolute Gasteiger partial charge is 0.221 e. The van der Waals surface area contributed by atoms with Gasteiger partial charge in [-0.1, -0.05) is 6.92 Å². The highest BCUT2D eigenvalue weighted by molar-refractivity contribution is 5.98. The van der Waals surface area contributed by atoms with Gasteiger partial charge in [-0.05, 0) is 37.6 Å². The van der Waals surface area contributed by atoms with Gasteiger partial charge in [-0.2, -0.15) is 0 Å². The summed E-state index contributed by atoms with van der Waals surface area (Å²) in [5, 5.41) is 7.20. The third-order valence-electron chi connectivity index (χ3n) is 3.49. The summed E-state index contributed by atoms with van der Waals surface area (Å²) >= 11 is 0. The number of benzene rings is 1. The number of carbonyl (C=O) groups excluding carboxylic acids is 1. The second kappa shape index (κ2) is 6.92. The molecule has 1 heterocycles. The van der Waals surface area contributed by atoms with E-state index >= 15 is 0 Å². The molecule has 0 saturated heterocycles. The number of nitrogens with two attached hydrogens (primary N) is 1. The largest absolute Gasteiger partial charge is 0.397 e. The van der Waals surface area contributed by atoms with E-state index in [1.807, 2.05) is 31.2 Å². The van der Waals surface area contributed by atoms with Crippen molar-refractivity contribution in [3.05, 3.63) is 30.5 Å². The van der Waals surface area contributed by atoms with Crippen molar-refractivity contribution in [1.29, 1.82) is 0 Å². The lowest BCUT2D eigenvalue weighted by Gasteiger charge is -2.13. The summed E-state index contributed by atoms with van der Waals surface area (Å²) < 4.78 is 0.